The van der Waals surface area contributed by atoms with Gasteiger partial charge in [-0.15, -0.1) is 0 Å². The minimum Gasteiger partial charge on any atom is -0.329 e. The number of amides is 2. The molecule has 0 saturated carbocycles. The molecule has 1 aliphatic heterocycles. The van der Waals surface area contributed by atoms with Gasteiger partial charge in [0.05, 0.1) is 12.1 Å². The Morgan fingerprint density at radius 2 is 1.50 bits per heavy atom. The Hall–Kier alpha value is -2.29. The Labute approximate surface area is 119 Å². The summed E-state index contributed by atoms with van der Waals surface area (Å²) < 4.78 is 0. The lowest BCUT2D eigenvalue weighted by Crippen LogP contribution is -2.29. The molecule has 0 spiro atoms. The van der Waals surface area contributed by atoms with Gasteiger partial charge in [0.1, 0.15) is 0 Å². The Bertz CT molecular complexity index is 582. The number of urea groups is 1. The van der Waals surface area contributed by atoms with Gasteiger partial charge in [-0.2, -0.15) is 0 Å². The molecule has 102 valence electrons. The molecule has 3 rings (SSSR count). The van der Waals surface area contributed by atoms with Crippen molar-refractivity contribution in [3.05, 3.63) is 71.8 Å². The lowest BCUT2D eigenvalue weighted by molar-refractivity contribution is 0.205. The molecule has 1 saturated heterocycles. The normalized spacial score (nSPS) is 21.9. The van der Waals surface area contributed by atoms with Crippen LogP contribution in [-0.4, -0.2) is 17.5 Å². The fourth-order valence-electron chi connectivity index (χ4n) is 2.89. The number of likely N-dealkylation sites (N-methyl/N-ethyl adjacent to an activating group) is 1. The zero-order valence-electron chi connectivity index (χ0n) is 11.5. The highest BCUT2D eigenvalue weighted by atomic mass is 16.2. The minimum atomic E-state index is 0.00560. The first kappa shape index (κ1) is 12.7. The standard InChI is InChI=1S/C17H18N2O/c1-2-19-16(14-11-7-4-8-12-14)15(18-17(19)20)13-9-5-3-6-10-13/h3-12,15-16H,2H2,1H3,(H,18,20)/t15-,16-/m0/s1. The van der Waals surface area contributed by atoms with Gasteiger partial charge in [0.2, 0.25) is 0 Å². The van der Waals surface area contributed by atoms with Crippen molar-refractivity contribution in [2.75, 3.05) is 6.54 Å². The monoisotopic (exact) mass is 266 g/mol. The largest absolute Gasteiger partial charge is 0.329 e. The molecular weight excluding hydrogens is 248 g/mol. The predicted octanol–water partition coefficient (Wildman–Crippen LogP) is 3.51. The maximum atomic E-state index is 12.2. The van der Waals surface area contributed by atoms with Crippen molar-refractivity contribution in [2.24, 2.45) is 0 Å². The molecule has 1 fully saturated rings. The molecule has 1 aliphatic rings. The van der Waals surface area contributed by atoms with E-state index in [1.165, 1.54) is 5.56 Å². The topological polar surface area (TPSA) is 32.3 Å². The molecule has 0 radical (unpaired) electrons. The fourth-order valence-corrected chi connectivity index (χ4v) is 2.89. The molecule has 0 aliphatic carbocycles. The zero-order valence-corrected chi connectivity index (χ0v) is 11.5. The molecule has 20 heavy (non-hydrogen) atoms. The molecule has 3 nitrogen and oxygen atoms in total. The number of carbonyl (C=O) groups excluding carboxylic acids is 1. The Morgan fingerprint density at radius 1 is 0.950 bits per heavy atom. The third-order valence-corrected chi connectivity index (χ3v) is 3.83. The van der Waals surface area contributed by atoms with Crippen LogP contribution < -0.4 is 5.32 Å². The average molecular weight is 266 g/mol. The molecule has 1 N–H and O–H groups in total. The molecule has 2 aromatic rings. The van der Waals surface area contributed by atoms with Crippen molar-refractivity contribution in [2.45, 2.75) is 19.0 Å². The Balaban J connectivity index is 2.03. The average Bonchev–Trinajstić information content (AvgIpc) is 2.85. The number of carbonyl (C=O) groups is 1. The molecule has 3 heteroatoms. The minimum absolute atomic E-state index is 0.00560. The summed E-state index contributed by atoms with van der Waals surface area (Å²) >= 11 is 0. The highest BCUT2D eigenvalue weighted by Crippen LogP contribution is 2.38. The van der Waals surface area contributed by atoms with E-state index in [-0.39, 0.29) is 18.1 Å². The molecule has 1 heterocycles. The van der Waals surface area contributed by atoms with Crippen LogP contribution in [0.1, 0.15) is 30.1 Å². The summed E-state index contributed by atoms with van der Waals surface area (Å²) in [5.41, 5.74) is 2.31. The van der Waals surface area contributed by atoms with E-state index in [0.29, 0.717) is 6.54 Å². The summed E-state index contributed by atoms with van der Waals surface area (Å²) in [5.74, 6) is 0. The van der Waals surface area contributed by atoms with Gasteiger partial charge in [0.25, 0.3) is 0 Å². The molecule has 0 aromatic heterocycles. The van der Waals surface area contributed by atoms with Crippen LogP contribution in [0, 0.1) is 0 Å². The van der Waals surface area contributed by atoms with E-state index < -0.39 is 0 Å². The van der Waals surface area contributed by atoms with Crippen molar-refractivity contribution in [3.8, 4) is 0 Å². The van der Waals surface area contributed by atoms with Crippen LogP contribution in [0.3, 0.4) is 0 Å². The molecule has 0 bridgehead atoms. The van der Waals surface area contributed by atoms with Crippen LogP contribution in [0.25, 0.3) is 0 Å². The number of nitrogens with zero attached hydrogens (tertiary/aromatic N) is 1. The second-order valence-electron chi connectivity index (χ2n) is 4.98. The van der Waals surface area contributed by atoms with Crippen molar-refractivity contribution in [1.29, 1.82) is 0 Å². The Kier molecular flexibility index (Phi) is 3.42. The van der Waals surface area contributed by atoms with Crippen LogP contribution in [0.4, 0.5) is 4.79 Å². The number of benzene rings is 2. The van der Waals surface area contributed by atoms with Gasteiger partial charge in [-0.05, 0) is 18.1 Å². The first-order valence-electron chi connectivity index (χ1n) is 6.98. The van der Waals surface area contributed by atoms with E-state index in [1.807, 2.05) is 48.2 Å². The fraction of sp³-hybridized carbons (Fsp3) is 0.235. The van der Waals surface area contributed by atoms with Crippen molar-refractivity contribution < 1.29 is 4.79 Å². The van der Waals surface area contributed by atoms with Gasteiger partial charge >= 0.3 is 6.03 Å². The quantitative estimate of drug-likeness (QED) is 0.905. The van der Waals surface area contributed by atoms with Crippen molar-refractivity contribution in [3.63, 3.8) is 0 Å². The van der Waals surface area contributed by atoms with Crippen LogP contribution in [0.5, 0.6) is 0 Å². The maximum Gasteiger partial charge on any atom is 0.318 e. The van der Waals surface area contributed by atoms with E-state index in [9.17, 15) is 4.79 Å². The van der Waals surface area contributed by atoms with E-state index in [4.69, 9.17) is 0 Å². The zero-order chi connectivity index (χ0) is 13.9. The van der Waals surface area contributed by atoms with Gasteiger partial charge in [-0.3, -0.25) is 0 Å². The van der Waals surface area contributed by atoms with Gasteiger partial charge in [-0.25, -0.2) is 4.79 Å². The summed E-state index contributed by atoms with van der Waals surface area (Å²) in [6.45, 7) is 2.72. The summed E-state index contributed by atoms with van der Waals surface area (Å²) in [5, 5.41) is 3.11. The summed E-state index contributed by atoms with van der Waals surface area (Å²) in [6, 6.07) is 20.4. The number of hydrogen-bond acceptors (Lipinski definition) is 1. The SMILES string of the molecule is CCN1C(=O)N[C@@H](c2ccccc2)[C@@H]1c1ccccc1. The van der Waals surface area contributed by atoms with Gasteiger partial charge in [0, 0.05) is 6.54 Å². The molecule has 2 atom stereocenters. The molecule has 2 aromatic carbocycles. The third kappa shape index (κ3) is 2.16. The van der Waals surface area contributed by atoms with Gasteiger partial charge < -0.3 is 10.2 Å². The van der Waals surface area contributed by atoms with E-state index in [2.05, 4.69) is 29.6 Å². The lowest BCUT2D eigenvalue weighted by atomic mass is 9.94. The van der Waals surface area contributed by atoms with Crippen molar-refractivity contribution in [1.82, 2.24) is 10.2 Å². The highest BCUT2D eigenvalue weighted by Gasteiger charge is 2.39. The van der Waals surface area contributed by atoms with Crippen LogP contribution in [0.2, 0.25) is 0 Å². The third-order valence-electron chi connectivity index (χ3n) is 3.83. The smallest absolute Gasteiger partial charge is 0.318 e. The summed E-state index contributed by atoms with van der Waals surface area (Å²) in [6.07, 6.45) is 0. The molecule has 0 unspecified atom stereocenters. The summed E-state index contributed by atoms with van der Waals surface area (Å²) in [7, 11) is 0. The first-order valence-corrected chi connectivity index (χ1v) is 6.98. The van der Waals surface area contributed by atoms with Gasteiger partial charge in [0.15, 0.2) is 0 Å². The summed E-state index contributed by atoms with van der Waals surface area (Å²) in [4.78, 5) is 14.1. The van der Waals surface area contributed by atoms with E-state index in [1.54, 1.807) is 0 Å². The number of rotatable bonds is 3. The van der Waals surface area contributed by atoms with E-state index in [0.717, 1.165) is 5.56 Å². The lowest BCUT2D eigenvalue weighted by Gasteiger charge is -2.26. The Morgan fingerprint density at radius 3 is 2.05 bits per heavy atom. The second kappa shape index (κ2) is 5.37. The van der Waals surface area contributed by atoms with Gasteiger partial charge in [-0.1, -0.05) is 60.7 Å². The van der Waals surface area contributed by atoms with Crippen LogP contribution in [-0.2, 0) is 0 Å². The number of hydrogen-bond donors (Lipinski definition) is 1. The van der Waals surface area contributed by atoms with Crippen LogP contribution >= 0.6 is 0 Å². The van der Waals surface area contributed by atoms with Crippen LogP contribution in [0.15, 0.2) is 60.7 Å². The van der Waals surface area contributed by atoms with Crippen molar-refractivity contribution >= 4 is 6.03 Å². The van der Waals surface area contributed by atoms with E-state index >= 15 is 0 Å². The highest BCUT2D eigenvalue weighted by molar-refractivity contribution is 5.78. The predicted molar refractivity (Wildman–Crippen MR) is 79.3 cm³/mol. The second-order valence-corrected chi connectivity index (χ2v) is 4.98. The number of nitrogens with one attached hydrogen (secondary N) is 1. The maximum absolute atomic E-state index is 12.2. The molecule has 2 amide bonds. The molecular formula is C17H18N2O. The first-order chi connectivity index (χ1) is 9.81.